The molecule has 2 aromatic rings. The fourth-order valence-electron chi connectivity index (χ4n) is 1.84. The lowest BCUT2D eigenvalue weighted by Crippen LogP contribution is -2.00. The van der Waals surface area contributed by atoms with Crippen molar-refractivity contribution < 1.29 is 19.0 Å². The molecule has 4 heteroatoms. The van der Waals surface area contributed by atoms with Crippen LogP contribution in [0.4, 0.5) is 0 Å². The Hall–Kier alpha value is -2.49. The van der Waals surface area contributed by atoms with Gasteiger partial charge < -0.3 is 14.2 Å². The number of hydrogen-bond donors (Lipinski definition) is 0. The molecule has 0 aliphatic heterocycles. The monoisotopic (exact) mass is 272 g/mol. The van der Waals surface area contributed by atoms with Crippen molar-refractivity contribution in [3.8, 4) is 17.2 Å². The summed E-state index contributed by atoms with van der Waals surface area (Å²) in [6, 6.07) is 12.6. The molecule has 0 radical (unpaired) electrons. The highest BCUT2D eigenvalue weighted by Gasteiger charge is 2.06. The summed E-state index contributed by atoms with van der Waals surface area (Å²) < 4.78 is 16.1. The number of ether oxygens (including phenoxy) is 3. The van der Waals surface area contributed by atoms with Crippen LogP contribution in [-0.4, -0.2) is 20.5 Å². The average molecular weight is 272 g/mol. The lowest BCUT2D eigenvalue weighted by molar-refractivity contribution is 0.112. The highest BCUT2D eigenvalue weighted by atomic mass is 16.5. The van der Waals surface area contributed by atoms with Gasteiger partial charge in [0.2, 0.25) is 0 Å². The number of carbonyl (C=O) groups is 1. The summed E-state index contributed by atoms with van der Waals surface area (Å²) in [4.78, 5) is 10.8. The maximum absolute atomic E-state index is 10.8. The molecule has 0 aliphatic carbocycles. The predicted molar refractivity (Wildman–Crippen MR) is 75.7 cm³/mol. The van der Waals surface area contributed by atoms with Crippen LogP contribution in [-0.2, 0) is 6.61 Å². The summed E-state index contributed by atoms with van der Waals surface area (Å²) in [5, 5.41) is 0. The SMILES string of the molecule is COc1cccc(OCc2cc(C=O)ccc2OC)c1. The molecule has 0 amide bonds. The molecule has 2 aromatic carbocycles. The second-order valence-electron chi connectivity index (χ2n) is 4.16. The van der Waals surface area contributed by atoms with E-state index in [1.807, 2.05) is 18.2 Å². The second kappa shape index (κ2) is 6.61. The van der Waals surface area contributed by atoms with E-state index in [-0.39, 0.29) is 0 Å². The van der Waals surface area contributed by atoms with Crippen molar-refractivity contribution in [3.63, 3.8) is 0 Å². The first-order chi connectivity index (χ1) is 9.76. The minimum absolute atomic E-state index is 0.317. The van der Waals surface area contributed by atoms with Crippen molar-refractivity contribution in [3.05, 3.63) is 53.6 Å². The highest BCUT2D eigenvalue weighted by molar-refractivity contribution is 5.75. The Labute approximate surface area is 117 Å². The summed E-state index contributed by atoms with van der Waals surface area (Å²) >= 11 is 0. The van der Waals surface area contributed by atoms with Crippen LogP contribution in [0.3, 0.4) is 0 Å². The molecule has 0 aliphatic rings. The van der Waals surface area contributed by atoms with Gasteiger partial charge in [-0.2, -0.15) is 0 Å². The van der Waals surface area contributed by atoms with Crippen molar-refractivity contribution in [2.24, 2.45) is 0 Å². The molecule has 0 fully saturated rings. The molecule has 0 unspecified atom stereocenters. The zero-order valence-electron chi connectivity index (χ0n) is 11.5. The minimum atomic E-state index is 0.317. The first-order valence-electron chi connectivity index (χ1n) is 6.15. The number of benzene rings is 2. The van der Waals surface area contributed by atoms with Gasteiger partial charge in [0.05, 0.1) is 14.2 Å². The molecule has 104 valence electrons. The second-order valence-corrected chi connectivity index (χ2v) is 4.16. The molecule has 0 aromatic heterocycles. The number of carbonyl (C=O) groups excluding carboxylic acids is 1. The fourth-order valence-corrected chi connectivity index (χ4v) is 1.84. The molecule has 2 rings (SSSR count). The van der Waals surface area contributed by atoms with Crippen LogP contribution in [0.2, 0.25) is 0 Å². The quantitative estimate of drug-likeness (QED) is 0.758. The summed E-state index contributed by atoms with van der Waals surface area (Å²) in [5.41, 5.74) is 1.41. The summed E-state index contributed by atoms with van der Waals surface area (Å²) in [6.45, 7) is 0.317. The Kier molecular flexibility index (Phi) is 4.60. The van der Waals surface area contributed by atoms with Crippen molar-refractivity contribution in [1.82, 2.24) is 0 Å². The molecule has 20 heavy (non-hydrogen) atoms. The zero-order chi connectivity index (χ0) is 14.4. The van der Waals surface area contributed by atoms with E-state index in [1.165, 1.54) is 0 Å². The molecule has 4 nitrogen and oxygen atoms in total. The molecule has 0 spiro atoms. The Balaban J connectivity index is 2.14. The number of hydrogen-bond acceptors (Lipinski definition) is 4. The van der Waals surface area contributed by atoms with E-state index in [9.17, 15) is 4.79 Å². The van der Waals surface area contributed by atoms with Crippen LogP contribution in [0.15, 0.2) is 42.5 Å². The van der Waals surface area contributed by atoms with Crippen LogP contribution in [0.1, 0.15) is 15.9 Å². The van der Waals surface area contributed by atoms with Gasteiger partial charge in [0, 0.05) is 17.2 Å². The van der Waals surface area contributed by atoms with Crippen LogP contribution < -0.4 is 14.2 Å². The third-order valence-corrected chi connectivity index (χ3v) is 2.88. The van der Waals surface area contributed by atoms with Gasteiger partial charge in [-0.05, 0) is 30.3 Å². The average Bonchev–Trinajstić information content (AvgIpc) is 2.52. The van der Waals surface area contributed by atoms with Gasteiger partial charge in [0.15, 0.2) is 0 Å². The van der Waals surface area contributed by atoms with Gasteiger partial charge in [-0.15, -0.1) is 0 Å². The van der Waals surface area contributed by atoms with Crippen molar-refractivity contribution in [2.75, 3.05) is 14.2 Å². The van der Waals surface area contributed by atoms with E-state index in [0.29, 0.717) is 23.7 Å². The van der Waals surface area contributed by atoms with Gasteiger partial charge in [0.25, 0.3) is 0 Å². The topological polar surface area (TPSA) is 44.8 Å². The van der Waals surface area contributed by atoms with Gasteiger partial charge in [-0.1, -0.05) is 6.07 Å². The van der Waals surface area contributed by atoms with E-state index < -0.39 is 0 Å². The lowest BCUT2D eigenvalue weighted by atomic mass is 10.1. The maximum atomic E-state index is 10.8. The van der Waals surface area contributed by atoms with Crippen LogP contribution in [0.25, 0.3) is 0 Å². The molecule has 0 N–H and O–H groups in total. The van der Waals surface area contributed by atoms with Gasteiger partial charge in [-0.3, -0.25) is 4.79 Å². The van der Waals surface area contributed by atoms with Gasteiger partial charge in [-0.25, -0.2) is 0 Å². The Morgan fingerprint density at radius 3 is 2.50 bits per heavy atom. The standard InChI is InChI=1S/C16H16O4/c1-18-14-4-3-5-15(9-14)20-11-13-8-12(10-17)6-7-16(13)19-2/h3-10H,11H2,1-2H3. The first kappa shape index (κ1) is 13.9. The Morgan fingerprint density at radius 2 is 1.80 bits per heavy atom. The minimum Gasteiger partial charge on any atom is -0.497 e. The molecule has 0 saturated carbocycles. The van der Waals surface area contributed by atoms with E-state index in [4.69, 9.17) is 14.2 Å². The normalized spacial score (nSPS) is 9.90. The molecule has 0 atom stereocenters. The molecule has 0 saturated heterocycles. The summed E-state index contributed by atoms with van der Waals surface area (Å²) in [7, 11) is 3.20. The largest absolute Gasteiger partial charge is 0.497 e. The number of aldehydes is 1. The van der Waals surface area contributed by atoms with Crippen molar-refractivity contribution in [2.45, 2.75) is 6.61 Å². The third kappa shape index (κ3) is 3.29. The van der Waals surface area contributed by atoms with Gasteiger partial charge >= 0.3 is 0 Å². The highest BCUT2D eigenvalue weighted by Crippen LogP contribution is 2.23. The van der Waals surface area contributed by atoms with Crippen LogP contribution in [0.5, 0.6) is 17.2 Å². The predicted octanol–water partition coefficient (Wildman–Crippen LogP) is 3.10. The molecule has 0 heterocycles. The van der Waals surface area contributed by atoms with Crippen LogP contribution in [0, 0.1) is 0 Å². The molecular formula is C16H16O4. The van der Waals surface area contributed by atoms with E-state index in [1.54, 1.807) is 38.5 Å². The Morgan fingerprint density at radius 1 is 1.00 bits per heavy atom. The van der Waals surface area contributed by atoms with E-state index in [2.05, 4.69) is 0 Å². The van der Waals surface area contributed by atoms with E-state index in [0.717, 1.165) is 17.6 Å². The first-order valence-corrected chi connectivity index (χ1v) is 6.15. The summed E-state index contributed by atoms with van der Waals surface area (Å²) in [5.74, 6) is 2.12. The number of rotatable bonds is 6. The van der Waals surface area contributed by atoms with Crippen LogP contribution >= 0.6 is 0 Å². The van der Waals surface area contributed by atoms with Crippen molar-refractivity contribution in [1.29, 1.82) is 0 Å². The Bertz CT molecular complexity index is 593. The van der Waals surface area contributed by atoms with Gasteiger partial charge in [0.1, 0.15) is 30.1 Å². The lowest BCUT2D eigenvalue weighted by Gasteiger charge is -2.11. The van der Waals surface area contributed by atoms with E-state index >= 15 is 0 Å². The third-order valence-electron chi connectivity index (χ3n) is 2.88. The number of methoxy groups -OCH3 is 2. The summed E-state index contributed by atoms with van der Waals surface area (Å²) in [6.07, 6.45) is 0.800. The van der Waals surface area contributed by atoms with Crippen molar-refractivity contribution >= 4 is 6.29 Å². The smallest absolute Gasteiger partial charge is 0.150 e. The molecular weight excluding hydrogens is 256 g/mol. The maximum Gasteiger partial charge on any atom is 0.150 e. The fraction of sp³-hybridized carbons (Fsp3) is 0.188. The molecule has 0 bridgehead atoms. The zero-order valence-corrected chi connectivity index (χ0v) is 11.5.